The van der Waals surface area contributed by atoms with Crippen molar-refractivity contribution in [3.8, 4) is 0 Å². The van der Waals surface area contributed by atoms with Gasteiger partial charge in [-0.2, -0.15) is 0 Å². The number of hydrogen-bond acceptors (Lipinski definition) is 3. The van der Waals surface area contributed by atoms with E-state index in [4.69, 9.17) is 15.0 Å². The first-order chi connectivity index (χ1) is 9.97. The predicted octanol–water partition coefficient (Wildman–Crippen LogP) is -6.43. The number of quaternary nitrogens is 1. The molecule has 0 atom stereocenters. The fourth-order valence-electron chi connectivity index (χ4n) is 2.64. The Balaban J connectivity index is -0.000000154. The minimum absolute atomic E-state index is 0. The van der Waals surface area contributed by atoms with Gasteiger partial charge in [0.15, 0.2) is 0 Å². The Bertz CT molecular complexity index is 206. The van der Waals surface area contributed by atoms with Crippen LogP contribution in [-0.2, 0) is 0 Å². The van der Waals surface area contributed by atoms with Gasteiger partial charge in [0.25, 0.3) is 0 Å². The molecule has 0 fully saturated rings. The van der Waals surface area contributed by atoms with E-state index in [1.165, 1.54) is 82.0 Å². The number of carbonyl (C=O) groups excluding carboxylic acids is 1. The van der Waals surface area contributed by atoms with Crippen molar-refractivity contribution in [2.75, 3.05) is 26.2 Å². The van der Waals surface area contributed by atoms with Gasteiger partial charge in [0.2, 0.25) is 0 Å². The Labute approximate surface area is 246 Å². The van der Waals surface area contributed by atoms with Crippen molar-refractivity contribution in [1.82, 2.24) is 0 Å². The summed E-state index contributed by atoms with van der Waals surface area (Å²) < 4.78 is 1.42. The summed E-state index contributed by atoms with van der Waals surface area (Å²) in [6, 6.07) is 0. The third-order valence-corrected chi connectivity index (χ3v) is 3.94. The molecule has 0 aromatic heterocycles. The second kappa shape index (κ2) is 28.2. The van der Waals surface area contributed by atoms with Crippen molar-refractivity contribution in [2.45, 2.75) is 79.1 Å². The van der Waals surface area contributed by atoms with E-state index in [0.717, 1.165) is 0 Å². The second-order valence-corrected chi connectivity index (χ2v) is 5.90. The number of unbranched alkanes of at least 4 members (excludes halogenated alkanes) is 4. The summed E-state index contributed by atoms with van der Waals surface area (Å²) in [6.45, 7) is 15.0. The van der Waals surface area contributed by atoms with Gasteiger partial charge in [-0.15, -0.1) is 0 Å². The van der Waals surface area contributed by atoms with E-state index in [2.05, 4.69) is 27.7 Å². The molecule has 0 aromatic carbocycles. The summed E-state index contributed by atoms with van der Waals surface area (Å²) in [5.74, 6) is 0. The van der Waals surface area contributed by atoms with E-state index < -0.39 is 6.16 Å². The summed E-state index contributed by atoms with van der Waals surface area (Å²) in [5, 5.41) is 16.7. The van der Waals surface area contributed by atoms with Crippen LogP contribution in [-0.4, -0.2) is 36.8 Å². The van der Waals surface area contributed by atoms with Gasteiger partial charge in [0.1, 0.15) is 0 Å². The van der Waals surface area contributed by atoms with Gasteiger partial charge in [-0.05, 0) is 31.8 Å². The van der Waals surface area contributed by atoms with Gasteiger partial charge in [0.05, 0.1) is 26.2 Å². The summed E-state index contributed by atoms with van der Waals surface area (Å²) in [4.78, 5) is 8.33. The van der Waals surface area contributed by atoms with Crippen LogP contribution in [0.5, 0.6) is 0 Å². The average molecular weight is 461 g/mol. The largest absolute Gasteiger partial charge is 1.00 e. The van der Waals surface area contributed by atoms with Crippen molar-refractivity contribution in [1.29, 1.82) is 0 Å². The Kier molecular flexibility index (Phi) is 44.3. The predicted molar refractivity (Wildman–Crippen MR) is 84.8 cm³/mol. The van der Waals surface area contributed by atoms with Gasteiger partial charge in [-0.1, -0.05) is 53.4 Å². The molecule has 0 spiro atoms. The average Bonchev–Trinajstić information content (AvgIpc) is 2.45. The number of hydrogen-bond donors (Lipinski definition) is 0. The zero-order valence-electron chi connectivity index (χ0n) is 17.0. The Morgan fingerprint density at radius 1 is 0.667 bits per heavy atom. The van der Waals surface area contributed by atoms with Crippen molar-refractivity contribution in [3.05, 3.63) is 0 Å². The topological polar surface area (TPSA) is 63.2 Å². The summed E-state index contributed by atoms with van der Waals surface area (Å²) in [5.41, 5.74) is 0. The third kappa shape index (κ3) is 27.2. The molecule has 0 aliphatic rings. The van der Waals surface area contributed by atoms with Crippen LogP contribution in [0.1, 0.15) is 79.1 Å². The number of rotatable bonds is 12. The van der Waals surface area contributed by atoms with Crippen LogP contribution in [0.3, 0.4) is 0 Å². The molecule has 0 heterocycles. The maximum Gasteiger partial charge on any atom is 1.00 e. The van der Waals surface area contributed by atoms with Gasteiger partial charge in [-0.25, -0.2) is 0 Å². The van der Waals surface area contributed by atoms with Crippen molar-refractivity contribution in [3.63, 3.8) is 0 Å². The van der Waals surface area contributed by atoms with Gasteiger partial charge >= 0.3 is 103 Å². The fraction of sp³-hybridized carbons (Fsp3) is 0.941. The van der Waals surface area contributed by atoms with Crippen LogP contribution in [0.15, 0.2) is 0 Å². The molecule has 0 saturated heterocycles. The molecule has 4 nitrogen and oxygen atoms in total. The summed E-state index contributed by atoms with van der Waals surface area (Å²) in [6.07, 6.45) is 8.73. The van der Waals surface area contributed by atoms with Crippen molar-refractivity contribution >= 4 is 6.16 Å². The normalized spacial score (nSPS) is 9.50. The molecule has 24 heavy (non-hydrogen) atoms. The van der Waals surface area contributed by atoms with Crippen LogP contribution in [0, 0.1) is 0 Å². The van der Waals surface area contributed by atoms with Crippen LogP contribution in [0.2, 0.25) is 0 Å². The Hall–Kier alpha value is 2.98. The fourth-order valence-corrected chi connectivity index (χ4v) is 2.64. The Morgan fingerprint density at radius 3 is 0.958 bits per heavy atom. The van der Waals surface area contributed by atoms with Crippen LogP contribution < -0.4 is 130 Å². The first kappa shape index (κ1) is 37.7. The minimum atomic E-state index is -2.33. The monoisotopic (exact) mass is 459 g/mol. The van der Waals surface area contributed by atoms with E-state index in [1.807, 2.05) is 0 Å². The third-order valence-electron chi connectivity index (χ3n) is 3.94. The van der Waals surface area contributed by atoms with Gasteiger partial charge in [-0.3, -0.25) is 0 Å². The van der Waals surface area contributed by atoms with E-state index in [0.29, 0.717) is 0 Å². The van der Waals surface area contributed by atoms with Crippen molar-refractivity contribution < 1.29 is 139 Å². The first-order valence-electron chi connectivity index (χ1n) is 8.71. The molecule has 0 aromatic rings. The molecule has 0 radical (unpaired) electrons. The molecule has 0 rings (SSSR count). The van der Waals surface area contributed by atoms with Gasteiger partial charge < -0.3 is 36.5 Å². The number of carboxylic acid groups (broad SMARTS) is 2. The molecular formula is C17H36BrK2NO3. The Morgan fingerprint density at radius 2 is 0.833 bits per heavy atom. The molecule has 0 saturated carbocycles. The van der Waals surface area contributed by atoms with Gasteiger partial charge in [0, 0.05) is 0 Å². The zero-order valence-corrected chi connectivity index (χ0v) is 24.9. The molecule has 0 aliphatic heterocycles. The van der Waals surface area contributed by atoms with Crippen LogP contribution in [0.4, 0.5) is 4.79 Å². The summed E-state index contributed by atoms with van der Waals surface area (Å²) in [7, 11) is 0. The number of carbonyl (C=O) groups is 1. The second-order valence-electron chi connectivity index (χ2n) is 5.90. The molecule has 0 bridgehead atoms. The molecule has 136 valence electrons. The van der Waals surface area contributed by atoms with E-state index in [9.17, 15) is 0 Å². The van der Waals surface area contributed by atoms with E-state index in [-0.39, 0.29) is 120 Å². The standard InChI is InChI=1S/C16H36N.CH2O3.BrH.2K/c1-5-9-13-17(14-10-6-2,15-11-7-3)16-12-8-4;2-1(3)4;;;/h5-16H2,1-4H3;(H2,2,3,4);1H;;/q+1;;;2*+1/p-3. The maximum absolute atomic E-state index is 8.33. The maximum atomic E-state index is 8.33. The first-order valence-corrected chi connectivity index (χ1v) is 8.71. The SMILES string of the molecule is CCCC[N+](CCCC)(CCCC)CCCC.O=C([O-])[O-].[Br-].[K+].[K+]. The molecule has 0 unspecified atom stereocenters. The van der Waals surface area contributed by atoms with Crippen LogP contribution >= 0.6 is 0 Å². The minimum Gasteiger partial charge on any atom is -1.00 e. The smallest absolute Gasteiger partial charge is 1.00 e. The summed E-state index contributed by atoms with van der Waals surface area (Å²) >= 11 is 0. The number of nitrogens with zero attached hydrogens (tertiary/aromatic N) is 1. The molecule has 0 amide bonds. The van der Waals surface area contributed by atoms with E-state index >= 15 is 0 Å². The van der Waals surface area contributed by atoms with Crippen molar-refractivity contribution in [2.24, 2.45) is 0 Å². The van der Waals surface area contributed by atoms with Crippen LogP contribution in [0.25, 0.3) is 0 Å². The molecule has 7 heteroatoms. The quantitative estimate of drug-likeness (QED) is 0.215. The molecule has 0 aliphatic carbocycles. The molecule has 0 N–H and O–H groups in total. The molecular weight excluding hydrogens is 424 g/mol. The number of halogens is 1. The van der Waals surface area contributed by atoms with E-state index in [1.54, 1.807) is 0 Å². The zero-order chi connectivity index (χ0) is 16.6.